The maximum Gasteiger partial charge on any atom is 0.306 e. The van der Waals surface area contributed by atoms with Gasteiger partial charge in [0.05, 0.1) is 0 Å². The smallest absolute Gasteiger partial charge is 0.306 e. The molecule has 0 radical (unpaired) electrons. The predicted molar refractivity (Wildman–Crippen MR) is 284 cm³/mol. The molecule has 0 amide bonds. The average Bonchev–Trinajstić information content (AvgIpc) is 3.31. The highest BCUT2D eigenvalue weighted by molar-refractivity contribution is 5.71. The number of ether oxygens (including phenoxy) is 3. The van der Waals surface area contributed by atoms with Crippen LogP contribution < -0.4 is 0 Å². The normalized spacial score (nSPS) is 12.2. The van der Waals surface area contributed by atoms with Crippen LogP contribution in [0.1, 0.15) is 310 Å². The number of hydrogen-bond donors (Lipinski definition) is 0. The van der Waals surface area contributed by atoms with Crippen molar-refractivity contribution in [1.82, 2.24) is 0 Å². The van der Waals surface area contributed by atoms with Gasteiger partial charge in [-0.25, -0.2) is 0 Å². The first-order valence-electron chi connectivity index (χ1n) is 29.0. The summed E-state index contributed by atoms with van der Waals surface area (Å²) in [6.45, 7) is 6.59. The first kappa shape index (κ1) is 63.6. The minimum absolute atomic E-state index is 0.0765. The molecule has 0 N–H and O–H groups in total. The van der Waals surface area contributed by atoms with Gasteiger partial charge in [-0.1, -0.05) is 256 Å². The van der Waals surface area contributed by atoms with Crippen LogP contribution in [0.2, 0.25) is 0 Å². The monoisotopic (exact) mass is 927 g/mol. The van der Waals surface area contributed by atoms with Gasteiger partial charge >= 0.3 is 17.9 Å². The maximum atomic E-state index is 12.8. The van der Waals surface area contributed by atoms with Crippen molar-refractivity contribution in [3.8, 4) is 0 Å². The van der Waals surface area contributed by atoms with E-state index in [0.717, 1.165) is 89.9 Å². The fourth-order valence-electron chi connectivity index (χ4n) is 8.48. The summed E-state index contributed by atoms with van der Waals surface area (Å²) in [5, 5.41) is 0. The van der Waals surface area contributed by atoms with E-state index in [0.29, 0.717) is 19.3 Å². The van der Waals surface area contributed by atoms with E-state index < -0.39 is 6.10 Å². The fourth-order valence-corrected chi connectivity index (χ4v) is 8.48. The van der Waals surface area contributed by atoms with Gasteiger partial charge in [0.2, 0.25) is 0 Å². The van der Waals surface area contributed by atoms with Crippen LogP contribution in [0.3, 0.4) is 0 Å². The number of carbonyl (C=O) groups is 3. The van der Waals surface area contributed by atoms with E-state index >= 15 is 0 Å². The molecular formula is C60H110O6. The number of unbranched alkanes of at least 4 members (excludes halogenated alkanes) is 36. The van der Waals surface area contributed by atoms with Crippen molar-refractivity contribution >= 4 is 17.9 Å². The highest BCUT2D eigenvalue weighted by Gasteiger charge is 2.19. The molecule has 1 atom stereocenters. The zero-order chi connectivity index (χ0) is 47.9. The molecule has 0 aliphatic rings. The Morgan fingerprint density at radius 2 is 0.576 bits per heavy atom. The molecule has 0 fully saturated rings. The van der Waals surface area contributed by atoms with Crippen LogP contribution in [-0.4, -0.2) is 37.2 Å². The summed E-state index contributed by atoms with van der Waals surface area (Å²) in [5.41, 5.74) is 0. The summed E-state index contributed by atoms with van der Waals surface area (Å²) >= 11 is 0. The number of hydrogen-bond acceptors (Lipinski definition) is 6. The number of carbonyl (C=O) groups excluding carboxylic acids is 3. The summed E-state index contributed by atoms with van der Waals surface area (Å²) in [6, 6.07) is 0. The third-order valence-electron chi connectivity index (χ3n) is 12.8. The Kier molecular flexibility index (Phi) is 53.2. The molecule has 0 bridgehead atoms. The number of allylic oxidation sites excluding steroid dienone is 6. The molecule has 0 saturated carbocycles. The van der Waals surface area contributed by atoms with Gasteiger partial charge in [0.15, 0.2) is 6.10 Å². The maximum absolute atomic E-state index is 12.8. The molecule has 0 spiro atoms. The molecule has 0 rings (SSSR count). The Hall–Kier alpha value is -2.37. The molecule has 0 heterocycles. The van der Waals surface area contributed by atoms with Crippen molar-refractivity contribution in [2.24, 2.45) is 0 Å². The van der Waals surface area contributed by atoms with E-state index in [1.807, 2.05) is 0 Å². The van der Waals surface area contributed by atoms with Crippen molar-refractivity contribution in [3.05, 3.63) is 36.5 Å². The Labute approximate surface area is 410 Å². The van der Waals surface area contributed by atoms with Gasteiger partial charge in [0.25, 0.3) is 0 Å². The third-order valence-corrected chi connectivity index (χ3v) is 12.8. The molecule has 0 aromatic heterocycles. The van der Waals surface area contributed by atoms with Crippen LogP contribution in [-0.2, 0) is 28.6 Å². The fraction of sp³-hybridized carbons (Fsp3) is 0.850. The van der Waals surface area contributed by atoms with Gasteiger partial charge in [-0.3, -0.25) is 14.4 Å². The Balaban J connectivity index is 4.31. The van der Waals surface area contributed by atoms with Crippen LogP contribution in [0.15, 0.2) is 36.5 Å². The Bertz CT molecular complexity index is 1110. The van der Waals surface area contributed by atoms with Gasteiger partial charge in [-0.05, 0) is 70.6 Å². The highest BCUT2D eigenvalue weighted by Crippen LogP contribution is 2.17. The quantitative estimate of drug-likeness (QED) is 0.0262. The largest absolute Gasteiger partial charge is 0.462 e. The van der Waals surface area contributed by atoms with E-state index in [9.17, 15) is 14.4 Å². The zero-order valence-corrected chi connectivity index (χ0v) is 44.2. The second-order valence-electron chi connectivity index (χ2n) is 19.6. The average molecular weight is 928 g/mol. The van der Waals surface area contributed by atoms with Gasteiger partial charge < -0.3 is 14.2 Å². The lowest BCUT2D eigenvalue weighted by Gasteiger charge is -2.18. The SMILES string of the molecule is CCC/C=C\C/C=C\CCCCCCCC(=O)OCC(COC(=O)CCCCCCCCCCCCCCCCCCCCCC)OC(=O)CCCCCCC/C=C\CCCCCCCC. The van der Waals surface area contributed by atoms with E-state index in [1.54, 1.807) is 0 Å². The summed E-state index contributed by atoms with van der Waals surface area (Å²) < 4.78 is 16.9. The minimum Gasteiger partial charge on any atom is -0.462 e. The molecule has 0 aromatic rings. The van der Waals surface area contributed by atoms with Gasteiger partial charge in [-0.2, -0.15) is 0 Å². The van der Waals surface area contributed by atoms with Gasteiger partial charge in [0, 0.05) is 19.3 Å². The van der Waals surface area contributed by atoms with E-state index in [-0.39, 0.29) is 31.1 Å². The van der Waals surface area contributed by atoms with Crippen LogP contribution in [0.25, 0.3) is 0 Å². The van der Waals surface area contributed by atoms with E-state index in [4.69, 9.17) is 14.2 Å². The first-order valence-corrected chi connectivity index (χ1v) is 29.0. The molecule has 0 saturated heterocycles. The summed E-state index contributed by atoms with van der Waals surface area (Å²) in [6.07, 6.45) is 65.7. The van der Waals surface area contributed by atoms with Gasteiger partial charge in [0.1, 0.15) is 13.2 Å². The van der Waals surface area contributed by atoms with Crippen molar-refractivity contribution in [3.63, 3.8) is 0 Å². The molecule has 6 heteroatoms. The third kappa shape index (κ3) is 52.6. The molecule has 0 aliphatic carbocycles. The van der Waals surface area contributed by atoms with Crippen LogP contribution in [0.4, 0.5) is 0 Å². The summed E-state index contributed by atoms with van der Waals surface area (Å²) in [7, 11) is 0. The van der Waals surface area contributed by atoms with Crippen LogP contribution in [0.5, 0.6) is 0 Å². The highest BCUT2D eigenvalue weighted by atomic mass is 16.6. The zero-order valence-electron chi connectivity index (χ0n) is 44.2. The lowest BCUT2D eigenvalue weighted by atomic mass is 10.0. The van der Waals surface area contributed by atoms with Crippen molar-refractivity contribution < 1.29 is 28.6 Å². The molecule has 386 valence electrons. The second-order valence-corrected chi connectivity index (χ2v) is 19.6. The van der Waals surface area contributed by atoms with Gasteiger partial charge in [-0.15, -0.1) is 0 Å². The molecule has 0 aromatic carbocycles. The standard InChI is InChI=1S/C60H110O6/c1-4-7-10-13-16-19-22-25-27-28-29-30-31-33-35-38-41-44-47-50-53-59(62)65-56-57(55-64-58(61)52-49-46-43-40-37-34-24-21-18-15-12-9-6-3)66-60(63)54-51-48-45-42-39-36-32-26-23-20-17-14-11-8-5-2/h12,15,21,24,26,32,57H,4-11,13-14,16-20,22-23,25,27-31,33-56H2,1-3H3/b15-12-,24-21-,32-26-. The van der Waals surface area contributed by atoms with Crippen LogP contribution in [0, 0.1) is 0 Å². The van der Waals surface area contributed by atoms with E-state index in [2.05, 4.69) is 57.2 Å². The molecule has 66 heavy (non-hydrogen) atoms. The topological polar surface area (TPSA) is 78.9 Å². The van der Waals surface area contributed by atoms with E-state index in [1.165, 1.54) is 180 Å². The van der Waals surface area contributed by atoms with Crippen LogP contribution >= 0.6 is 0 Å². The second kappa shape index (κ2) is 55.2. The Morgan fingerprint density at radius 3 is 0.909 bits per heavy atom. The lowest BCUT2D eigenvalue weighted by molar-refractivity contribution is -0.167. The summed E-state index contributed by atoms with van der Waals surface area (Å²) in [5.74, 6) is -0.883. The molecule has 0 aliphatic heterocycles. The predicted octanol–water partition coefficient (Wildman–Crippen LogP) is 19.3. The van der Waals surface area contributed by atoms with Crippen molar-refractivity contribution in [1.29, 1.82) is 0 Å². The first-order chi connectivity index (χ1) is 32.5. The van der Waals surface area contributed by atoms with Crippen molar-refractivity contribution in [2.45, 2.75) is 316 Å². The number of rotatable bonds is 53. The minimum atomic E-state index is -0.779. The van der Waals surface area contributed by atoms with Crippen molar-refractivity contribution in [2.75, 3.05) is 13.2 Å². The molecule has 6 nitrogen and oxygen atoms in total. The number of esters is 3. The molecule has 1 unspecified atom stereocenters. The Morgan fingerprint density at radius 1 is 0.303 bits per heavy atom. The lowest BCUT2D eigenvalue weighted by Crippen LogP contribution is -2.30. The molecular weight excluding hydrogens is 817 g/mol. The summed E-state index contributed by atoms with van der Waals surface area (Å²) in [4.78, 5) is 38.1.